The summed E-state index contributed by atoms with van der Waals surface area (Å²) >= 11 is 1.00. The summed E-state index contributed by atoms with van der Waals surface area (Å²) in [4.78, 5) is 24.3. The molecule has 162 valence electrons. The largest absolute Gasteiger partial charge is 0.342 e. The Morgan fingerprint density at radius 1 is 1.03 bits per heavy atom. The van der Waals surface area contributed by atoms with Crippen LogP contribution < -0.4 is 10.6 Å². The predicted octanol–water partition coefficient (Wildman–Crippen LogP) is 3.45. The van der Waals surface area contributed by atoms with E-state index in [1.165, 1.54) is 24.3 Å². The average molecular weight is 449 g/mol. The lowest BCUT2D eigenvalue weighted by molar-refractivity contribution is -0.113. The Morgan fingerprint density at radius 2 is 1.68 bits per heavy atom. The van der Waals surface area contributed by atoms with Crippen LogP contribution in [0.3, 0.4) is 0 Å². The fourth-order valence-corrected chi connectivity index (χ4v) is 3.45. The second kappa shape index (κ2) is 9.65. The Hall–Kier alpha value is -3.34. The van der Waals surface area contributed by atoms with E-state index in [4.69, 9.17) is 0 Å². The number of nitrogens with zero attached hydrogens (tertiary/aromatic N) is 3. The second-order valence-corrected chi connectivity index (χ2v) is 7.45. The Bertz CT molecular complexity index is 1100. The molecule has 1 atom stereocenters. The fourth-order valence-electron chi connectivity index (χ4n) is 2.74. The number of thioether (sulfide) groups is 1. The van der Waals surface area contributed by atoms with Gasteiger partial charge in [0.15, 0.2) is 11.0 Å². The maximum Gasteiger partial charge on any atom is 0.254 e. The highest BCUT2D eigenvalue weighted by atomic mass is 32.2. The van der Waals surface area contributed by atoms with Crippen molar-refractivity contribution in [1.29, 1.82) is 0 Å². The summed E-state index contributed by atoms with van der Waals surface area (Å²) in [5.41, 5.74) is -0.612. The van der Waals surface area contributed by atoms with Crippen molar-refractivity contribution in [1.82, 2.24) is 20.1 Å². The topological polar surface area (TPSA) is 88.9 Å². The van der Waals surface area contributed by atoms with Crippen molar-refractivity contribution in [3.8, 4) is 0 Å². The molecule has 0 saturated heterocycles. The smallest absolute Gasteiger partial charge is 0.254 e. The van der Waals surface area contributed by atoms with E-state index in [0.717, 1.165) is 23.9 Å². The van der Waals surface area contributed by atoms with E-state index >= 15 is 0 Å². The van der Waals surface area contributed by atoms with E-state index in [0.29, 0.717) is 11.0 Å². The number of aromatic nitrogens is 3. The van der Waals surface area contributed by atoms with E-state index in [9.17, 15) is 22.8 Å². The first-order valence-corrected chi connectivity index (χ1v) is 10.1. The molecule has 0 aliphatic rings. The van der Waals surface area contributed by atoms with Crippen LogP contribution in [0.5, 0.6) is 0 Å². The standard InChI is InChI=1S/C20H18F3N5O2S/c1-11(24-19(30)12-6-3-4-7-13(12)21)18-26-27-20(28(18)2)31-10-16(29)25-17-14(22)8-5-9-15(17)23/h3-9,11H,10H2,1-2H3,(H,24,30)(H,25,29). The first kappa shape index (κ1) is 22.3. The van der Waals surface area contributed by atoms with Gasteiger partial charge in [0, 0.05) is 7.05 Å². The quantitative estimate of drug-likeness (QED) is 0.540. The molecule has 0 aliphatic heterocycles. The van der Waals surface area contributed by atoms with E-state index in [2.05, 4.69) is 20.8 Å². The van der Waals surface area contributed by atoms with Crippen molar-refractivity contribution in [3.63, 3.8) is 0 Å². The van der Waals surface area contributed by atoms with Crippen LogP contribution >= 0.6 is 11.8 Å². The van der Waals surface area contributed by atoms with Gasteiger partial charge in [-0.3, -0.25) is 9.59 Å². The molecule has 3 rings (SSSR count). The summed E-state index contributed by atoms with van der Waals surface area (Å²) in [7, 11) is 1.64. The molecular weight excluding hydrogens is 431 g/mol. The molecule has 0 aliphatic carbocycles. The molecule has 3 aromatic rings. The molecule has 2 amide bonds. The molecule has 1 aromatic heterocycles. The molecule has 31 heavy (non-hydrogen) atoms. The number of hydrogen-bond acceptors (Lipinski definition) is 5. The van der Waals surface area contributed by atoms with Gasteiger partial charge in [-0.15, -0.1) is 10.2 Å². The third-order valence-corrected chi connectivity index (χ3v) is 5.30. The minimum atomic E-state index is -0.876. The van der Waals surface area contributed by atoms with Crippen LogP contribution in [0.2, 0.25) is 0 Å². The summed E-state index contributed by atoms with van der Waals surface area (Å²) in [6.45, 7) is 1.66. The summed E-state index contributed by atoms with van der Waals surface area (Å²) in [5.74, 6) is -3.41. The third-order valence-electron chi connectivity index (χ3n) is 4.28. The Labute approximate surface area is 180 Å². The van der Waals surface area contributed by atoms with Gasteiger partial charge >= 0.3 is 0 Å². The van der Waals surface area contributed by atoms with Crippen LogP contribution in [0.25, 0.3) is 0 Å². The summed E-state index contributed by atoms with van der Waals surface area (Å²) in [6.07, 6.45) is 0. The van der Waals surface area contributed by atoms with Gasteiger partial charge in [-0.25, -0.2) is 13.2 Å². The second-order valence-electron chi connectivity index (χ2n) is 6.51. The van der Waals surface area contributed by atoms with Gasteiger partial charge in [-0.1, -0.05) is 30.0 Å². The van der Waals surface area contributed by atoms with Crippen LogP contribution in [-0.4, -0.2) is 32.3 Å². The van der Waals surface area contributed by atoms with Crippen LogP contribution in [0.15, 0.2) is 47.6 Å². The number of carbonyl (C=O) groups excluding carboxylic acids is 2. The summed E-state index contributed by atoms with van der Waals surface area (Å²) in [6, 6.07) is 8.27. The monoisotopic (exact) mass is 449 g/mol. The lowest BCUT2D eigenvalue weighted by Crippen LogP contribution is -2.29. The molecule has 0 bridgehead atoms. The zero-order valence-electron chi connectivity index (χ0n) is 16.5. The normalized spacial score (nSPS) is 11.8. The van der Waals surface area contributed by atoms with Crippen molar-refractivity contribution in [2.45, 2.75) is 18.1 Å². The van der Waals surface area contributed by atoms with Crippen LogP contribution in [-0.2, 0) is 11.8 Å². The van der Waals surface area contributed by atoms with Gasteiger partial charge in [0.05, 0.1) is 17.4 Å². The molecule has 0 spiro atoms. The Balaban J connectivity index is 1.61. The number of benzene rings is 2. The van der Waals surface area contributed by atoms with Gasteiger partial charge in [0.25, 0.3) is 5.91 Å². The molecule has 0 fully saturated rings. The van der Waals surface area contributed by atoms with E-state index in [1.807, 2.05) is 0 Å². The Kier molecular flexibility index (Phi) is 6.95. The van der Waals surface area contributed by atoms with E-state index < -0.39 is 41.0 Å². The molecule has 7 nitrogen and oxygen atoms in total. The number of carbonyl (C=O) groups is 2. The van der Waals surface area contributed by atoms with Crippen molar-refractivity contribution in [2.24, 2.45) is 7.05 Å². The molecule has 2 aromatic carbocycles. The van der Waals surface area contributed by atoms with Gasteiger partial charge in [-0.2, -0.15) is 0 Å². The first-order chi connectivity index (χ1) is 14.8. The summed E-state index contributed by atoms with van der Waals surface area (Å²) in [5, 5.41) is 13.2. The van der Waals surface area contributed by atoms with Gasteiger partial charge in [0.2, 0.25) is 5.91 Å². The maximum absolute atomic E-state index is 13.8. The van der Waals surface area contributed by atoms with Crippen LogP contribution in [0.1, 0.15) is 29.1 Å². The molecule has 11 heteroatoms. The average Bonchev–Trinajstić information content (AvgIpc) is 3.10. The summed E-state index contributed by atoms with van der Waals surface area (Å²) < 4.78 is 42.6. The highest BCUT2D eigenvalue weighted by Gasteiger charge is 2.20. The molecular formula is C20H18F3N5O2S. The molecule has 0 radical (unpaired) electrons. The molecule has 1 unspecified atom stereocenters. The minimum Gasteiger partial charge on any atom is -0.342 e. The number of para-hydroxylation sites is 1. The highest BCUT2D eigenvalue weighted by Crippen LogP contribution is 2.22. The number of amides is 2. The maximum atomic E-state index is 13.8. The zero-order chi connectivity index (χ0) is 22.5. The molecule has 2 N–H and O–H groups in total. The van der Waals surface area contributed by atoms with E-state index in [-0.39, 0.29) is 11.3 Å². The molecule has 0 saturated carbocycles. The van der Waals surface area contributed by atoms with Crippen LogP contribution in [0.4, 0.5) is 18.9 Å². The predicted molar refractivity (Wildman–Crippen MR) is 109 cm³/mol. The SMILES string of the molecule is CC(NC(=O)c1ccccc1F)c1nnc(SCC(=O)Nc2c(F)cccc2F)n1C. The molecule has 1 heterocycles. The van der Waals surface area contributed by atoms with Gasteiger partial charge in [-0.05, 0) is 31.2 Å². The fraction of sp³-hybridized carbons (Fsp3) is 0.200. The van der Waals surface area contributed by atoms with Crippen molar-refractivity contribution in [2.75, 3.05) is 11.1 Å². The highest BCUT2D eigenvalue weighted by molar-refractivity contribution is 7.99. The lowest BCUT2D eigenvalue weighted by atomic mass is 10.2. The third kappa shape index (κ3) is 5.23. The van der Waals surface area contributed by atoms with Crippen molar-refractivity contribution < 1.29 is 22.8 Å². The minimum absolute atomic E-state index is 0.0943. The number of halogens is 3. The lowest BCUT2D eigenvalue weighted by Gasteiger charge is -2.14. The van der Waals surface area contributed by atoms with Crippen LogP contribution in [0, 0.1) is 17.5 Å². The van der Waals surface area contributed by atoms with Crippen molar-refractivity contribution in [3.05, 3.63) is 71.3 Å². The Morgan fingerprint density at radius 3 is 2.35 bits per heavy atom. The van der Waals surface area contributed by atoms with Crippen molar-refractivity contribution >= 4 is 29.3 Å². The van der Waals surface area contributed by atoms with Gasteiger partial charge in [0.1, 0.15) is 23.1 Å². The zero-order valence-corrected chi connectivity index (χ0v) is 17.3. The van der Waals surface area contributed by atoms with E-state index in [1.54, 1.807) is 24.6 Å². The number of rotatable bonds is 7. The first-order valence-electron chi connectivity index (χ1n) is 9.09. The number of nitrogens with one attached hydrogen (secondary N) is 2. The number of hydrogen-bond donors (Lipinski definition) is 2. The van der Waals surface area contributed by atoms with Gasteiger partial charge < -0.3 is 15.2 Å². The number of anilines is 1.